The topological polar surface area (TPSA) is 17.8 Å². The molecular formula is C12H17ClN2. The van der Waals surface area contributed by atoms with E-state index in [-0.39, 0.29) is 0 Å². The first kappa shape index (κ1) is 9.71. The van der Waals surface area contributed by atoms with Crippen molar-refractivity contribution in [2.45, 2.75) is 57.4 Å². The van der Waals surface area contributed by atoms with Gasteiger partial charge in [0.2, 0.25) is 0 Å². The van der Waals surface area contributed by atoms with Crippen molar-refractivity contribution in [2.75, 3.05) is 0 Å². The lowest BCUT2D eigenvalue weighted by atomic mass is 9.84. The van der Waals surface area contributed by atoms with Gasteiger partial charge in [0.25, 0.3) is 0 Å². The van der Waals surface area contributed by atoms with Gasteiger partial charge in [-0.05, 0) is 39.0 Å². The van der Waals surface area contributed by atoms with Crippen LogP contribution in [0.15, 0.2) is 0 Å². The van der Waals surface area contributed by atoms with Crippen LogP contribution < -0.4 is 0 Å². The van der Waals surface area contributed by atoms with Crippen molar-refractivity contribution in [1.29, 1.82) is 0 Å². The van der Waals surface area contributed by atoms with E-state index in [1.807, 2.05) is 0 Å². The Balaban J connectivity index is 2.06. The molecule has 1 unspecified atom stereocenters. The number of halogens is 1. The molecule has 0 saturated heterocycles. The van der Waals surface area contributed by atoms with E-state index in [2.05, 4.69) is 16.5 Å². The highest BCUT2D eigenvalue weighted by atomic mass is 35.5. The fourth-order valence-electron chi connectivity index (χ4n) is 2.82. The number of fused-ring (bicyclic) bond motifs is 1. The smallest absolute Gasteiger partial charge is 0.150 e. The van der Waals surface area contributed by atoms with Gasteiger partial charge in [-0.3, -0.25) is 0 Å². The van der Waals surface area contributed by atoms with Gasteiger partial charge < -0.3 is 4.57 Å². The first-order valence-corrected chi connectivity index (χ1v) is 6.41. The molecule has 3 heteroatoms. The van der Waals surface area contributed by atoms with Gasteiger partial charge >= 0.3 is 0 Å². The highest BCUT2D eigenvalue weighted by molar-refractivity contribution is 6.30. The molecule has 1 saturated carbocycles. The first-order valence-electron chi connectivity index (χ1n) is 6.04. The second-order valence-electron chi connectivity index (χ2n) is 4.95. The molecule has 2 nitrogen and oxygen atoms in total. The van der Waals surface area contributed by atoms with Crippen LogP contribution in [-0.2, 0) is 6.42 Å². The third kappa shape index (κ3) is 1.42. The van der Waals surface area contributed by atoms with Crippen LogP contribution in [0.25, 0.3) is 0 Å². The summed E-state index contributed by atoms with van der Waals surface area (Å²) in [5.74, 6) is 1.96. The lowest BCUT2D eigenvalue weighted by Crippen LogP contribution is -2.21. The molecule has 0 radical (unpaired) electrons. The second kappa shape index (κ2) is 3.51. The zero-order valence-electron chi connectivity index (χ0n) is 9.17. The molecule has 0 N–H and O–H groups in total. The molecule has 1 aliphatic heterocycles. The largest absolute Gasteiger partial charge is 0.328 e. The molecule has 1 atom stereocenters. The molecule has 0 aromatic carbocycles. The van der Waals surface area contributed by atoms with E-state index in [0.717, 1.165) is 11.6 Å². The van der Waals surface area contributed by atoms with E-state index in [0.29, 0.717) is 12.0 Å². The van der Waals surface area contributed by atoms with E-state index in [9.17, 15) is 0 Å². The third-order valence-corrected chi connectivity index (χ3v) is 4.24. The number of imidazole rings is 1. The predicted molar refractivity (Wildman–Crippen MR) is 61.5 cm³/mol. The predicted octanol–water partition coefficient (Wildman–Crippen LogP) is 3.70. The highest BCUT2D eigenvalue weighted by Crippen LogP contribution is 2.41. The number of aromatic nitrogens is 2. The fraction of sp³-hybridized carbons (Fsp3) is 0.750. The lowest BCUT2D eigenvalue weighted by molar-refractivity contribution is 0.350. The first-order chi connectivity index (χ1) is 7.27. The molecule has 0 bridgehead atoms. The molecule has 2 aliphatic rings. The zero-order chi connectivity index (χ0) is 10.4. The fourth-order valence-corrected chi connectivity index (χ4v) is 3.09. The normalized spacial score (nSPS) is 26.1. The van der Waals surface area contributed by atoms with Crippen LogP contribution in [0.4, 0.5) is 0 Å². The standard InChI is InChI=1S/C12H17ClN2/c1-8-4-2-7-10-11(13)14-12(15(8)10)9-5-3-6-9/h8-9H,2-7H2,1H3. The van der Waals surface area contributed by atoms with Crippen molar-refractivity contribution in [3.8, 4) is 0 Å². The van der Waals surface area contributed by atoms with E-state index in [1.165, 1.54) is 43.6 Å². The Hall–Kier alpha value is -0.500. The molecule has 0 spiro atoms. The summed E-state index contributed by atoms with van der Waals surface area (Å²) >= 11 is 6.22. The van der Waals surface area contributed by atoms with Crippen molar-refractivity contribution in [3.05, 3.63) is 16.7 Å². The molecule has 15 heavy (non-hydrogen) atoms. The summed E-state index contributed by atoms with van der Waals surface area (Å²) in [4.78, 5) is 4.59. The van der Waals surface area contributed by atoms with Crippen molar-refractivity contribution >= 4 is 11.6 Å². The van der Waals surface area contributed by atoms with Crippen LogP contribution >= 0.6 is 11.6 Å². The summed E-state index contributed by atoms with van der Waals surface area (Å²) < 4.78 is 2.43. The third-order valence-electron chi connectivity index (χ3n) is 3.94. The van der Waals surface area contributed by atoms with Crippen LogP contribution in [0.2, 0.25) is 5.15 Å². The van der Waals surface area contributed by atoms with Gasteiger partial charge in [-0.25, -0.2) is 4.98 Å². The molecule has 2 heterocycles. The molecule has 3 rings (SSSR count). The van der Waals surface area contributed by atoms with Gasteiger partial charge in [0, 0.05) is 12.0 Å². The number of hydrogen-bond acceptors (Lipinski definition) is 1. The summed E-state index contributed by atoms with van der Waals surface area (Å²) in [5, 5.41) is 0.767. The van der Waals surface area contributed by atoms with Crippen molar-refractivity contribution in [1.82, 2.24) is 9.55 Å². The van der Waals surface area contributed by atoms with Gasteiger partial charge in [0.05, 0.1) is 5.69 Å². The summed E-state index contributed by atoms with van der Waals surface area (Å²) in [5.41, 5.74) is 1.29. The van der Waals surface area contributed by atoms with Crippen molar-refractivity contribution in [2.24, 2.45) is 0 Å². The molecule has 1 aromatic heterocycles. The van der Waals surface area contributed by atoms with Crippen molar-refractivity contribution in [3.63, 3.8) is 0 Å². The summed E-state index contributed by atoms with van der Waals surface area (Å²) in [7, 11) is 0. The SMILES string of the molecule is CC1CCCc2c(Cl)nc(C3CCC3)n21. The van der Waals surface area contributed by atoms with Gasteiger partial charge in [-0.15, -0.1) is 0 Å². The van der Waals surface area contributed by atoms with Crippen molar-refractivity contribution < 1.29 is 0 Å². The average molecular weight is 225 g/mol. The Labute approximate surface area is 95.6 Å². The van der Waals surface area contributed by atoms with Gasteiger partial charge in [-0.1, -0.05) is 18.0 Å². The summed E-state index contributed by atoms with van der Waals surface area (Å²) in [6.07, 6.45) is 7.62. The molecule has 1 aliphatic carbocycles. The molecule has 82 valence electrons. The van der Waals surface area contributed by atoms with Crippen LogP contribution in [0, 0.1) is 0 Å². The highest BCUT2D eigenvalue weighted by Gasteiger charge is 2.30. The summed E-state index contributed by atoms with van der Waals surface area (Å²) in [6.45, 7) is 2.29. The van der Waals surface area contributed by atoms with E-state index in [1.54, 1.807) is 0 Å². The maximum Gasteiger partial charge on any atom is 0.150 e. The average Bonchev–Trinajstić information content (AvgIpc) is 2.43. The summed E-state index contributed by atoms with van der Waals surface area (Å²) in [6, 6.07) is 0.601. The number of nitrogens with zero attached hydrogens (tertiary/aromatic N) is 2. The van der Waals surface area contributed by atoms with Gasteiger partial charge in [0.1, 0.15) is 5.82 Å². The maximum atomic E-state index is 6.22. The monoisotopic (exact) mass is 224 g/mol. The number of hydrogen-bond donors (Lipinski definition) is 0. The van der Waals surface area contributed by atoms with Crippen LogP contribution in [0.3, 0.4) is 0 Å². The zero-order valence-corrected chi connectivity index (χ0v) is 9.93. The molecular weight excluding hydrogens is 208 g/mol. The Morgan fingerprint density at radius 3 is 2.73 bits per heavy atom. The Morgan fingerprint density at radius 2 is 2.07 bits per heavy atom. The second-order valence-corrected chi connectivity index (χ2v) is 5.30. The minimum Gasteiger partial charge on any atom is -0.328 e. The van der Waals surface area contributed by atoms with Gasteiger partial charge in [0.15, 0.2) is 5.15 Å². The maximum absolute atomic E-state index is 6.22. The Kier molecular flexibility index (Phi) is 2.27. The lowest BCUT2D eigenvalue weighted by Gasteiger charge is -2.30. The quantitative estimate of drug-likeness (QED) is 0.711. The number of rotatable bonds is 1. The van der Waals surface area contributed by atoms with Crippen LogP contribution in [0.5, 0.6) is 0 Å². The molecule has 1 aromatic rings. The minimum atomic E-state index is 0.601. The molecule has 1 fully saturated rings. The molecule has 0 amide bonds. The minimum absolute atomic E-state index is 0.601. The van der Waals surface area contributed by atoms with E-state index in [4.69, 9.17) is 11.6 Å². The van der Waals surface area contributed by atoms with Gasteiger partial charge in [-0.2, -0.15) is 0 Å². The van der Waals surface area contributed by atoms with E-state index >= 15 is 0 Å². The Bertz CT molecular complexity index is 379. The van der Waals surface area contributed by atoms with E-state index < -0.39 is 0 Å². The Morgan fingerprint density at radius 1 is 1.27 bits per heavy atom. The van der Waals surface area contributed by atoms with Crippen LogP contribution in [-0.4, -0.2) is 9.55 Å². The van der Waals surface area contributed by atoms with Crippen LogP contribution in [0.1, 0.15) is 62.5 Å².